The van der Waals surface area contributed by atoms with Crippen molar-refractivity contribution in [2.75, 3.05) is 6.61 Å². The van der Waals surface area contributed by atoms with Crippen LogP contribution in [-0.2, 0) is 14.3 Å². The van der Waals surface area contributed by atoms with E-state index in [-0.39, 0.29) is 24.7 Å². The highest BCUT2D eigenvalue weighted by Crippen LogP contribution is 2.28. The van der Waals surface area contributed by atoms with Crippen LogP contribution in [0.5, 0.6) is 0 Å². The fraction of sp³-hybridized carbons (Fsp3) is 0.556. The Morgan fingerprint density at radius 2 is 2.04 bits per heavy atom. The van der Waals surface area contributed by atoms with E-state index in [1.54, 1.807) is 0 Å². The fourth-order valence-electron chi connectivity index (χ4n) is 3.21. The molecule has 0 radical (unpaired) electrons. The molecule has 1 fully saturated rings. The van der Waals surface area contributed by atoms with Gasteiger partial charge in [0.15, 0.2) is 0 Å². The molecule has 4 atom stereocenters. The molecule has 1 aliphatic carbocycles. The standard InChI is InChI=1S/C18H25NO5/c1-12-9-15(10-13(2)24-12)16(19-18(21)22)17(20)23-11-14-7-5-3-4-6-8-14/h3-5,7-8,12-13,15-16,19H,6,9-11H2,1-2H3,(H,21,22)/t12-,13+,15?,16?. The van der Waals surface area contributed by atoms with Gasteiger partial charge in [-0.25, -0.2) is 9.59 Å². The zero-order chi connectivity index (χ0) is 17.5. The first-order chi connectivity index (χ1) is 11.5. The molecule has 24 heavy (non-hydrogen) atoms. The summed E-state index contributed by atoms with van der Waals surface area (Å²) in [4.78, 5) is 23.6. The van der Waals surface area contributed by atoms with Crippen molar-refractivity contribution < 1.29 is 24.2 Å². The lowest BCUT2D eigenvalue weighted by Gasteiger charge is -2.35. The zero-order valence-electron chi connectivity index (χ0n) is 14.1. The molecule has 2 aliphatic rings. The van der Waals surface area contributed by atoms with Crippen molar-refractivity contribution in [3.8, 4) is 0 Å². The molecule has 0 aromatic rings. The second kappa shape index (κ2) is 8.68. The van der Waals surface area contributed by atoms with Crippen molar-refractivity contribution in [3.05, 3.63) is 36.0 Å². The van der Waals surface area contributed by atoms with Gasteiger partial charge in [0, 0.05) is 0 Å². The van der Waals surface area contributed by atoms with E-state index in [1.165, 1.54) is 0 Å². The minimum absolute atomic E-state index is 0.0109. The normalized spacial score (nSPS) is 27.8. The molecular formula is C18H25NO5. The molecule has 0 bridgehead atoms. The number of hydrogen-bond donors (Lipinski definition) is 2. The summed E-state index contributed by atoms with van der Waals surface area (Å²) in [5.41, 5.74) is 0.899. The van der Waals surface area contributed by atoms with Crippen molar-refractivity contribution in [3.63, 3.8) is 0 Å². The Hall–Kier alpha value is -2.08. The summed E-state index contributed by atoms with van der Waals surface area (Å²) in [6, 6.07) is -0.871. The molecule has 1 heterocycles. The predicted octanol–water partition coefficient (Wildman–Crippen LogP) is 2.81. The van der Waals surface area contributed by atoms with Gasteiger partial charge in [0.05, 0.1) is 12.2 Å². The molecule has 0 aromatic carbocycles. The van der Waals surface area contributed by atoms with Crippen molar-refractivity contribution in [1.82, 2.24) is 5.32 Å². The first-order valence-corrected chi connectivity index (χ1v) is 8.29. The third kappa shape index (κ3) is 5.53. The summed E-state index contributed by atoms with van der Waals surface area (Å²) in [7, 11) is 0. The van der Waals surface area contributed by atoms with Crippen LogP contribution < -0.4 is 5.32 Å². The molecule has 1 amide bonds. The van der Waals surface area contributed by atoms with E-state index in [4.69, 9.17) is 14.6 Å². The summed E-state index contributed by atoms with van der Waals surface area (Å²) in [5, 5.41) is 11.4. The third-order valence-corrected chi connectivity index (χ3v) is 4.19. The van der Waals surface area contributed by atoms with E-state index < -0.39 is 18.1 Å². The van der Waals surface area contributed by atoms with Crippen LogP contribution in [0.15, 0.2) is 36.0 Å². The third-order valence-electron chi connectivity index (χ3n) is 4.19. The minimum Gasteiger partial charge on any atom is -0.465 e. The fourth-order valence-corrected chi connectivity index (χ4v) is 3.21. The maximum atomic E-state index is 12.5. The van der Waals surface area contributed by atoms with Crippen molar-refractivity contribution >= 4 is 12.1 Å². The van der Waals surface area contributed by atoms with Crippen LogP contribution in [0.1, 0.15) is 33.1 Å². The molecular weight excluding hydrogens is 310 g/mol. The van der Waals surface area contributed by atoms with Crippen LogP contribution in [0.2, 0.25) is 0 Å². The van der Waals surface area contributed by atoms with Crippen LogP contribution in [0.4, 0.5) is 4.79 Å². The summed E-state index contributed by atoms with van der Waals surface area (Å²) in [6.07, 6.45) is 10.5. The monoisotopic (exact) mass is 335 g/mol. The average Bonchev–Trinajstić information content (AvgIpc) is 2.77. The van der Waals surface area contributed by atoms with Crippen molar-refractivity contribution in [1.29, 1.82) is 0 Å². The van der Waals surface area contributed by atoms with Gasteiger partial charge in [-0.2, -0.15) is 0 Å². The molecule has 6 nitrogen and oxygen atoms in total. The number of carbonyl (C=O) groups is 2. The largest absolute Gasteiger partial charge is 0.465 e. The van der Waals surface area contributed by atoms with E-state index in [9.17, 15) is 9.59 Å². The second-order valence-corrected chi connectivity index (χ2v) is 6.33. The summed E-state index contributed by atoms with van der Waals surface area (Å²) in [6.45, 7) is 4.00. The molecule has 132 valence electrons. The number of hydrogen-bond acceptors (Lipinski definition) is 4. The van der Waals surface area contributed by atoms with Gasteiger partial charge in [-0.1, -0.05) is 30.4 Å². The van der Waals surface area contributed by atoms with Gasteiger partial charge < -0.3 is 19.9 Å². The molecule has 6 heteroatoms. The highest BCUT2D eigenvalue weighted by molar-refractivity contribution is 5.81. The number of rotatable bonds is 5. The van der Waals surface area contributed by atoms with E-state index in [1.807, 2.05) is 44.2 Å². The highest BCUT2D eigenvalue weighted by atomic mass is 16.5. The lowest BCUT2D eigenvalue weighted by molar-refractivity contribution is -0.149. The lowest BCUT2D eigenvalue weighted by atomic mass is 9.86. The summed E-state index contributed by atoms with van der Waals surface area (Å²) >= 11 is 0. The number of nitrogens with one attached hydrogen (secondary N) is 1. The minimum atomic E-state index is -1.22. The number of carbonyl (C=O) groups excluding carboxylic acids is 1. The molecule has 2 unspecified atom stereocenters. The Morgan fingerprint density at radius 1 is 1.33 bits per heavy atom. The van der Waals surface area contributed by atoms with Crippen LogP contribution in [0, 0.1) is 5.92 Å². The Morgan fingerprint density at radius 3 is 2.71 bits per heavy atom. The average molecular weight is 335 g/mol. The molecule has 0 spiro atoms. The maximum Gasteiger partial charge on any atom is 0.405 e. The zero-order valence-corrected chi connectivity index (χ0v) is 14.1. The number of allylic oxidation sites excluding steroid dienone is 4. The van der Waals surface area contributed by atoms with Gasteiger partial charge in [-0.15, -0.1) is 0 Å². The van der Waals surface area contributed by atoms with Gasteiger partial charge >= 0.3 is 12.1 Å². The molecule has 2 rings (SSSR count). The number of esters is 1. The SMILES string of the molecule is C[C@@H]1CC(C(NC(=O)O)C(=O)OCC2=CCC=CC=C2)C[C@H](C)O1. The van der Waals surface area contributed by atoms with E-state index >= 15 is 0 Å². The highest BCUT2D eigenvalue weighted by Gasteiger charge is 2.36. The Kier molecular flexibility index (Phi) is 6.61. The van der Waals surface area contributed by atoms with Crippen molar-refractivity contribution in [2.45, 2.75) is 51.4 Å². The quantitative estimate of drug-likeness (QED) is 0.755. The Labute approximate surface area is 142 Å². The summed E-state index contributed by atoms with van der Waals surface area (Å²) in [5.74, 6) is -0.664. The van der Waals surface area contributed by atoms with Crippen LogP contribution in [0.3, 0.4) is 0 Å². The van der Waals surface area contributed by atoms with E-state index in [0.29, 0.717) is 12.8 Å². The van der Waals surface area contributed by atoms with Crippen LogP contribution >= 0.6 is 0 Å². The lowest BCUT2D eigenvalue weighted by Crippen LogP contribution is -2.49. The van der Waals surface area contributed by atoms with Gasteiger partial charge in [0.2, 0.25) is 0 Å². The molecule has 0 aromatic heterocycles. The van der Waals surface area contributed by atoms with Gasteiger partial charge in [-0.3, -0.25) is 0 Å². The first-order valence-electron chi connectivity index (χ1n) is 8.29. The Bertz CT molecular complexity index is 542. The number of ether oxygens (including phenoxy) is 2. The topological polar surface area (TPSA) is 84.9 Å². The van der Waals surface area contributed by atoms with Gasteiger partial charge in [0.25, 0.3) is 0 Å². The Balaban J connectivity index is 1.99. The number of carboxylic acid groups (broad SMARTS) is 1. The van der Waals surface area contributed by atoms with E-state index in [0.717, 1.165) is 12.0 Å². The van der Waals surface area contributed by atoms with Crippen LogP contribution in [-0.4, -0.2) is 42.0 Å². The molecule has 1 aliphatic heterocycles. The molecule has 1 saturated heterocycles. The number of amides is 1. The smallest absolute Gasteiger partial charge is 0.405 e. The molecule has 0 saturated carbocycles. The van der Waals surface area contributed by atoms with Crippen LogP contribution in [0.25, 0.3) is 0 Å². The van der Waals surface area contributed by atoms with Crippen molar-refractivity contribution in [2.24, 2.45) is 5.92 Å². The summed E-state index contributed by atoms with van der Waals surface area (Å²) < 4.78 is 11.0. The molecule has 2 N–H and O–H groups in total. The van der Waals surface area contributed by atoms with Gasteiger partial charge in [0.1, 0.15) is 12.6 Å². The maximum absolute atomic E-state index is 12.5. The predicted molar refractivity (Wildman–Crippen MR) is 89.6 cm³/mol. The second-order valence-electron chi connectivity index (χ2n) is 6.33. The first kappa shape index (κ1) is 18.3. The van der Waals surface area contributed by atoms with Gasteiger partial charge in [-0.05, 0) is 44.6 Å². The van der Waals surface area contributed by atoms with E-state index in [2.05, 4.69) is 5.32 Å².